The molecule has 3 aromatic carbocycles. The average molecular weight is 410 g/mol. The van der Waals surface area contributed by atoms with Crippen molar-refractivity contribution in [2.24, 2.45) is 7.05 Å². The Hall–Kier alpha value is -3.86. The molecule has 0 radical (unpaired) electrons. The summed E-state index contributed by atoms with van der Waals surface area (Å²) in [6.07, 6.45) is 0.949. The maximum Gasteiger partial charge on any atom is 0.252 e. The molecule has 0 unspecified atom stereocenters. The highest BCUT2D eigenvalue weighted by Gasteiger charge is 2.14. The van der Waals surface area contributed by atoms with Crippen LogP contribution in [-0.2, 0) is 20.0 Å². The molecular weight excluding hydrogens is 388 g/mol. The number of amides is 1. The molecule has 5 heteroatoms. The first kappa shape index (κ1) is 19.1. The van der Waals surface area contributed by atoms with Crippen molar-refractivity contribution in [2.75, 3.05) is 6.61 Å². The van der Waals surface area contributed by atoms with E-state index >= 15 is 0 Å². The third kappa shape index (κ3) is 3.59. The number of nitrogens with zero attached hydrogens (tertiary/aromatic N) is 1. The normalized spacial score (nSPS) is 12.4. The monoisotopic (exact) mass is 410 g/mol. The standard InChI is InChI=1S/C26H22N2O3/c1-28-23-5-3-2-4-21(23)22(15-25(28)29)26(30)27-16-17-6-8-18(9-7-17)19-10-11-24-20(14-19)12-13-31-24/h2-11,14-15H,12-13,16H2,1H3,(H,27,30). The zero-order valence-corrected chi connectivity index (χ0v) is 17.2. The van der Waals surface area contributed by atoms with Crippen LogP contribution in [0, 0.1) is 0 Å². The molecule has 0 fully saturated rings. The molecule has 2 heterocycles. The smallest absolute Gasteiger partial charge is 0.252 e. The molecule has 0 bridgehead atoms. The lowest BCUT2D eigenvalue weighted by atomic mass is 10.0. The van der Waals surface area contributed by atoms with E-state index in [1.165, 1.54) is 11.6 Å². The van der Waals surface area contributed by atoms with Crippen molar-refractivity contribution >= 4 is 16.8 Å². The van der Waals surface area contributed by atoms with Crippen LogP contribution in [0.25, 0.3) is 22.0 Å². The Kier molecular flexibility index (Phi) is 4.79. The van der Waals surface area contributed by atoms with Crippen LogP contribution in [0.2, 0.25) is 0 Å². The number of rotatable bonds is 4. The number of hydrogen-bond donors (Lipinski definition) is 1. The lowest BCUT2D eigenvalue weighted by Gasteiger charge is -2.11. The summed E-state index contributed by atoms with van der Waals surface area (Å²) in [7, 11) is 1.71. The molecule has 0 aliphatic carbocycles. The predicted molar refractivity (Wildman–Crippen MR) is 121 cm³/mol. The first-order valence-corrected chi connectivity index (χ1v) is 10.3. The molecular formula is C26H22N2O3. The summed E-state index contributed by atoms with van der Waals surface area (Å²) in [5, 5.41) is 3.71. The Bertz CT molecular complexity index is 1350. The summed E-state index contributed by atoms with van der Waals surface area (Å²) in [5.41, 5.74) is 5.46. The van der Waals surface area contributed by atoms with Crippen LogP contribution in [0.1, 0.15) is 21.5 Å². The number of fused-ring (bicyclic) bond motifs is 2. The average Bonchev–Trinajstić information content (AvgIpc) is 3.28. The number of nitrogens with one attached hydrogen (secondary N) is 1. The molecule has 0 saturated heterocycles. The van der Waals surface area contributed by atoms with Crippen molar-refractivity contribution in [1.29, 1.82) is 0 Å². The Labute approximate surface area is 179 Å². The van der Waals surface area contributed by atoms with Gasteiger partial charge in [0.05, 0.1) is 17.7 Å². The lowest BCUT2D eigenvalue weighted by Crippen LogP contribution is -2.26. The van der Waals surface area contributed by atoms with E-state index in [0.29, 0.717) is 12.1 Å². The van der Waals surface area contributed by atoms with Gasteiger partial charge in [-0.25, -0.2) is 0 Å². The fourth-order valence-electron chi connectivity index (χ4n) is 4.06. The van der Waals surface area contributed by atoms with E-state index < -0.39 is 0 Å². The molecule has 1 aliphatic rings. The molecule has 0 atom stereocenters. The summed E-state index contributed by atoms with van der Waals surface area (Å²) >= 11 is 0. The van der Waals surface area contributed by atoms with Gasteiger partial charge in [0.1, 0.15) is 5.75 Å². The predicted octanol–water partition coefficient (Wildman–Crippen LogP) is 4.07. The molecule has 154 valence electrons. The van der Waals surface area contributed by atoms with Gasteiger partial charge in [-0.2, -0.15) is 0 Å². The number of aromatic nitrogens is 1. The van der Waals surface area contributed by atoms with Crippen LogP contribution in [0.15, 0.2) is 77.6 Å². The highest BCUT2D eigenvalue weighted by Crippen LogP contribution is 2.30. The van der Waals surface area contributed by atoms with E-state index in [4.69, 9.17) is 4.74 Å². The van der Waals surface area contributed by atoms with E-state index in [1.54, 1.807) is 11.6 Å². The molecule has 1 aliphatic heterocycles. The summed E-state index contributed by atoms with van der Waals surface area (Å²) in [6, 6.07) is 23.3. The summed E-state index contributed by atoms with van der Waals surface area (Å²) in [6.45, 7) is 1.14. The molecule has 0 spiro atoms. The van der Waals surface area contributed by atoms with Crippen molar-refractivity contribution in [3.05, 3.63) is 99.8 Å². The second-order valence-corrected chi connectivity index (χ2v) is 7.77. The molecule has 5 nitrogen and oxygen atoms in total. The van der Waals surface area contributed by atoms with Gasteiger partial charge in [0.25, 0.3) is 11.5 Å². The van der Waals surface area contributed by atoms with Crippen LogP contribution in [-0.4, -0.2) is 17.1 Å². The van der Waals surface area contributed by atoms with Crippen LogP contribution in [0.3, 0.4) is 0 Å². The molecule has 4 aromatic rings. The maximum atomic E-state index is 12.8. The van der Waals surface area contributed by atoms with Crippen LogP contribution < -0.4 is 15.6 Å². The number of carbonyl (C=O) groups is 1. The van der Waals surface area contributed by atoms with E-state index in [-0.39, 0.29) is 11.5 Å². The Morgan fingerprint density at radius 2 is 1.77 bits per heavy atom. The summed E-state index contributed by atoms with van der Waals surface area (Å²) in [4.78, 5) is 25.1. The third-order valence-corrected chi connectivity index (χ3v) is 5.83. The Balaban J connectivity index is 1.33. The van der Waals surface area contributed by atoms with Crippen LogP contribution in [0.4, 0.5) is 0 Å². The first-order valence-electron chi connectivity index (χ1n) is 10.3. The number of benzene rings is 3. The van der Waals surface area contributed by atoms with Gasteiger partial charge in [0, 0.05) is 31.5 Å². The summed E-state index contributed by atoms with van der Waals surface area (Å²) < 4.78 is 7.13. The van der Waals surface area contributed by atoms with Crippen molar-refractivity contribution < 1.29 is 9.53 Å². The van der Waals surface area contributed by atoms with E-state index in [1.807, 2.05) is 42.5 Å². The van der Waals surface area contributed by atoms with Gasteiger partial charge in [0.15, 0.2) is 0 Å². The van der Waals surface area contributed by atoms with Crippen molar-refractivity contribution in [3.63, 3.8) is 0 Å². The zero-order chi connectivity index (χ0) is 21.4. The lowest BCUT2D eigenvalue weighted by molar-refractivity contribution is 0.0952. The van der Waals surface area contributed by atoms with Gasteiger partial charge in [-0.1, -0.05) is 48.5 Å². The first-order chi connectivity index (χ1) is 15.1. The van der Waals surface area contributed by atoms with Gasteiger partial charge >= 0.3 is 0 Å². The van der Waals surface area contributed by atoms with Gasteiger partial charge in [-0.05, 0) is 40.5 Å². The largest absolute Gasteiger partial charge is 0.493 e. The quantitative estimate of drug-likeness (QED) is 0.552. The number of ether oxygens (including phenoxy) is 1. The molecule has 0 saturated carbocycles. The van der Waals surface area contributed by atoms with E-state index in [0.717, 1.165) is 46.4 Å². The second-order valence-electron chi connectivity index (χ2n) is 7.77. The number of carbonyl (C=O) groups excluding carboxylic acids is 1. The fraction of sp³-hybridized carbons (Fsp3) is 0.154. The minimum atomic E-state index is -0.253. The third-order valence-electron chi connectivity index (χ3n) is 5.83. The maximum absolute atomic E-state index is 12.8. The van der Waals surface area contributed by atoms with E-state index in [2.05, 4.69) is 29.6 Å². The van der Waals surface area contributed by atoms with Crippen molar-refractivity contribution in [1.82, 2.24) is 9.88 Å². The fourth-order valence-corrected chi connectivity index (χ4v) is 4.06. The molecule has 1 aromatic heterocycles. The zero-order valence-electron chi connectivity index (χ0n) is 17.2. The summed E-state index contributed by atoms with van der Waals surface area (Å²) in [5.74, 6) is 0.725. The minimum Gasteiger partial charge on any atom is -0.493 e. The second kappa shape index (κ2) is 7.76. The Morgan fingerprint density at radius 1 is 1.00 bits per heavy atom. The molecule has 1 amide bonds. The van der Waals surface area contributed by atoms with Gasteiger partial charge in [-0.3, -0.25) is 9.59 Å². The topological polar surface area (TPSA) is 60.3 Å². The van der Waals surface area contributed by atoms with Gasteiger partial charge in [0.2, 0.25) is 0 Å². The molecule has 1 N–H and O–H groups in total. The van der Waals surface area contributed by atoms with Crippen LogP contribution >= 0.6 is 0 Å². The molecule has 5 rings (SSSR count). The minimum absolute atomic E-state index is 0.201. The highest BCUT2D eigenvalue weighted by atomic mass is 16.5. The number of hydrogen-bond acceptors (Lipinski definition) is 3. The van der Waals surface area contributed by atoms with E-state index in [9.17, 15) is 9.59 Å². The van der Waals surface area contributed by atoms with Crippen molar-refractivity contribution in [3.8, 4) is 16.9 Å². The number of para-hydroxylation sites is 1. The van der Waals surface area contributed by atoms with Crippen LogP contribution in [0.5, 0.6) is 5.75 Å². The number of aryl methyl sites for hydroxylation is 1. The SMILES string of the molecule is Cn1c(=O)cc(C(=O)NCc2ccc(-c3ccc4c(c3)CCO4)cc2)c2ccccc21. The Morgan fingerprint density at radius 3 is 2.61 bits per heavy atom. The van der Waals surface area contributed by atoms with Gasteiger partial charge < -0.3 is 14.6 Å². The van der Waals surface area contributed by atoms with Gasteiger partial charge in [-0.15, -0.1) is 0 Å². The number of pyridine rings is 1. The molecule has 31 heavy (non-hydrogen) atoms. The van der Waals surface area contributed by atoms with Crippen molar-refractivity contribution in [2.45, 2.75) is 13.0 Å². The highest BCUT2D eigenvalue weighted by molar-refractivity contribution is 6.06.